The highest BCUT2D eigenvalue weighted by molar-refractivity contribution is 9.10. The molecule has 0 saturated carbocycles. The van der Waals surface area contributed by atoms with E-state index < -0.39 is 9.84 Å². The number of H-pyrrole nitrogens is 1. The molecule has 3 rings (SSSR count). The van der Waals surface area contributed by atoms with E-state index in [4.69, 9.17) is 0 Å². The number of halogens is 1. The van der Waals surface area contributed by atoms with Crippen LogP contribution in [0.25, 0.3) is 11.0 Å². The molecule has 174 valence electrons. The molecule has 7 nitrogen and oxygen atoms in total. The van der Waals surface area contributed by atoms with Gasteiger partial charge in [-0.25, -0.2) is 13.4 Å². The number of nitrogens with one attached hydrogen (secondary N) is 2. The van der Waals surface area contributed by atoms with E-state index in [1.54, 1.807) is 37.6 Å². The molecule has 0 bridgehead atoms. The van der Waals surface area contributed by atoms with Crippen LogP contribution in [0.3, 0.4) is 0 Å². The molecule has 0 aliphatic carbocycles. The maximum Gasteiger partial charge on any atom is 0.214 e. The number of carbonyl (C=O) groups is 1. The molecule has 2 N–H and O–H groups in total. The Hall–Kier alpha value is -2.39. The number of pyridine rings is 1. The zero-order valence-electron chi connectivity index (χ0n) is 19.0. The van der Waals surface area contributed by atoms with Gasteiger partial charge in [-0.3, -0.25) is 4.79 Å². The van der Waals surface area contributed by atoms with Crippen LogP contribution in [0.5, 0.6) is 0 Å². The molecule has 1 amide bonds. The molecule has 9 heteroatoms. The number of hydrogen-bond donors (Lipinski definition) is 2. The first-order valence-corrected chi connectivity index (χ1v) is 13.3. The van der Waals surface area contributed by atoms with Crippen LogP contribution in [-0.2, 0) is 21.2 Å². The van der Waals surface area contributed by atoms with Gasteiger partial charge in [-0.1, -0.05) is 61.5 Å². The molecule has 0 aliphatic heterocycles. The molecular weight excluding hydrogens is 492 g/mol. The Kier molecular flexibility index (Phi) is 9.71. The van der Waals surface area contributed by atoms with Crippen molar-refractivity contribution in [2.24, 2.45) is 0 Å². The molecule has 0 atom stereocenters. The summed E-state index contributed by atoms with van der Waals surface area (Å²) >= 11 is 3.29. The Morgan fingerprint density at radius 3 is 2.44 bits per heavy atom. The first kappa shape index (κ1) is 25.9. The van der Waals surface area contributed by atoms with Crippen LogP contribution in [-0.4, -0.2) is 38.1 Å². The summed E-state index contributed by atoms with van der Waals surface area (Å²) < 4.78 is 24.9. The highest BCUT2D eigenvalue weighted by atomic mass is 79.9. The average molecular weight is 523 g/mol. The second-order valence-corrected chi connectivity index (χ2v) is 10.4. The smallest absolute Gasteiger partial charge is 0.214 e. The van der Waals surface area contributed by atoms with Gasteiger partial charge in [0.15, 0.2) is 9.84 Å². The fourth-order valence-electron chi connectivity index (χ4n) is 3.34. The van der Waals surface area contributed by atoms with E-state index in [2.05, 4.69) is 45.1 Å². The Balaban J connectivity index is 0.000000534. The second-order valence-electron chi connectivity index (χ2n) is 7.47. The van der Waals surface area contributed by atoms with E-state index in [-0.39, 0.29) is 11.4 Å². The maximum atomic E-state index is 12.1. The number of sulfone groups is 1. The van der Waals surface area contributed by atoms with Crippen molar-refractivity contribution in [2.75, 3.05) is 23.5 Å². The van der Waals surface area contributed by atoms with Crippen molar-refractivity contribution >= 4 is 54.6 Å². The number of aromatic nitrogens is 2. The third-order valence-corrected chi connectivity index (χ3v) is 6.65. The number of unbranched alkanes of at least 4 members (excludes halogenated alkanes) is 3. The van der Waals surface area contributed by atoms with Crippen molar-refractivity contribution in [1.82, 2.24) is 9.97 Å². The van der Waals surface area contributed by atoms with E-state index in [0.29, 0.717) is 27.8 Å². The Morgan fingerprint density at radius 1 is 1.19 bits per heavy atom. The summed E-state index contributed by atoms with van der Waals surface area (Å²) in [7, 11) is -1.68. The SMILES string of the molecule is CCCCCC.CNc1c(N(C=O)Cc2ccc(Br)cc2S(C)(=O)=O)cnc2[nH]ccc12. The zero-order valence-corrected chi connectivity index (χ0v) is 21.4. The van der Waals surface area contributed by atoms with E-state index in [1.165, 1.54) is 30.6 Å². The van der Waals surface area contributed by atoms with Crippen molar-refractivity contribution in [3.05, 3.63) is 46.7 Å². The molecule has 1 aromatic carbocycles. The van der Waals surface area contributed by atoms with E-state index in [9.17, 15) is 13.2 Å². The van der Waals surface area contributed by atoms with Gasteiger partial charge in [0.25, 0.3) is 0 Å². The van der Waals surface area contributed by atoms with Gasteiger partial charge in [-0.15, -0.1) is 0 Å². The summed E-state index contributed by atoms with van der Waals surface area (Å²) in [6.45, 7) is 4.57. The predicted molar refractivity (Wildman–Crippen MR) is 135 cm³/mol. The van der Waals surface area contributed by atoms with Crippen LogP contribution in [0, 0.1) is 0 Å². The third kappa shape index (κ3) is 6.56. The van der Waals surface area contributed by atoms with E-state index in [0.717, 1.165) is 17.3 Å². The Morgan fingerprint density at radius 2 is 1.88 bits per heavy atom. The van der Waals surface area contributed by atoms with Gasteiger partial charge in [0.05, 0.1) is 29.0 Å². The first-order valence-electron chi connectivity index (χ1n) is 10.6. The van der Waals surface area contributed by atoms with Crippen molar-refractivity contribution in [3.8, 4) is 0 Å². The number of hydrogen-bond acceptors (Lipinski definition) is 5. The van der Waals surface area contributed by atoms with Gasteiger partial charge in [0, 0.05) is 29.4 Å². The van der Waals surface area contributed by atoms with Crippen molar-refractivity contribution < 1.29 is 13.2 Å². The standard InChI is InChI=1S/C17H17BrN4O3S.C6H14/c1-19-16-13-5-6-20-17(13)21-8-14(16)22(10-23)9-11-3-4-12(18)7-15(11)26(2,24)25;1-3-5-6-4-2/h3-8,10H,9H2,1-2H3,(H2,19,20,21);3-6H2,1-2H3. The molecule has 0 saturated heterocycles. The lowest BCUT2D eigenvalue weighted by Gasteiger charge is -2.22. The summed E-state index contributed by atoms with van der Waals surface area (Å²) in [5.74, 6) is 0. The Bertz CT molecular complexity index is 1140. The van der Waals surface area contributed by atoms with E-state index in [1.807, 2.05) is 6.07 Å². The fraction of sp³-hybridized carbons (Fsp3) is 0.391. The molecule has 2 aromatic heterocycles. The number of nitrogens with zero attached hydrogens (tertiary/aromatic N) is 2. The number of anilines is 2. The summed E-state index contributed by atoms with van der Waals surface area (Å²) in [6, 6.07) is 6.85. The number of benzene rings is 1. The number of rotatable bonds is 9. The average Bonchev–Trinajstić information content (AvgIpc) is 3.25. The minimum atomic E-state index is -3.44. The monoisotopic (exact) mass is 522 g/mol. The molecule has 0 radical (unpaired) electrons. The van der Waals surface area contributed by atoms with E-state index >= 15 is 0 Å². The van der Waals surface area contributed by atoms with Crippen molar-refractivity contribution in [2.45, 2.75) is 51.0 Å². The highest BCUT2D eigenvalue weighted by Crippen LogP contribution is 2.33. The van der Waals surface area contributed by atoms with Gasteiger partial charge in [-0.05, 0) is 23.8 Å². The summed E-state index contributed by atoms with van der Waals surface area (Å²) in [5.41, 5.74) is 2.53. The predicted octanol–water partition coefficient (Wildman–Crippen LogP) is 5.52. The lowest BCUT2D eigenvalue weighted by molar-refractivity contribution is -0.107. The molecule has 3 aromatic rings. The fourth-order valence-corrected chi connectivity index (χ4v) is 4.81. The number of aromatic amines is 1. The van der Waals surface area contributed by atoms with Crippen molar-refractivity contribution in [3.63, 3.8) is 0 Å². The Labute approximate surface area is 198 Å². The van der Waals surface area contributed by atoms with Crippen molar-refractivity contribution in [1.29, 1.82) is 0 Å². The molecule has 32 heavy (non-hydrogen) atoms. The number of amides is 1. The minimum Gasteiger partial charge on any atom is -0.386 e. The molecule has 0 aliphatic rings. The van der Waals surface area contributed by atoms with Crippen LogP contribution in [0.15, 0.2) is 46.0 Å². The lowest BCUT2D eigenvalue weighted by Crippen LogP contribution is -2.23. The lowest BCUT2D eigenvalue weighted by atomic mass is 10.2. The zero-order chi connectivity index (χ0) is 23.7. The largest absolute Gasteiger partial charge is 0.386 e. The second kappa shape index (κ2) is 12.0. The third-order valence-electron chi connectivity index (χ3n) is 4.98. The molecule has 0 fully saturated rings. The number of fused-ring (bicyclic) bond motifs is 1. The summed E-state index contributed by atoms with van der Waals surface area (Å²) in [5, 5.41) is 3.94. The van der Waals surface area contributed by atoms with Crippen LogP contribution in [0.4, 0.5) is 11.4 Å². The normalized spacial score (nSPS) is 11.0. The summed E-state index contributed by atoms with van der Waals surface area (Å²) in [6.07, 6.45) is 10.7. The van der Waals surface area contributed by atoms with Gasteiger partial charge in [0.2, 0.25) is 6.41 Å². The van der Waals surface area contributed by atoms with Crippen LogP contribution in [0.1, 0.15) is 45.1 Å². The highest BCUT2D eigenvalue weighted by Gasteiger charge is 2.19. The van der Waals surface area contributed by atoms with Gasteiger partial charge >= 0.3 is 0 Å². The van der Waals surface area contributed by atoms with Crippen LogP contribution < -0.4 is 10.2 Å². The molecule has 0 unspecified atom stereocenters. The van der Waals surface area contributed by atoms with Crippen LogP contribution in [0.2, 0.25) is 0 Å². The molecular formula is C23H31BrN4O3S. The van der Waals surface area contributed by atoms with Gasteiger partial charge in [0.1, 0.15) is 5.65 Å². The van der Waals surface area contributed by atoms with Gasteiger partial charge in [-0.2, -0.15) is 0 Å². The topological polar surface area (TPSA) is 95.2 Å². The minimum absolute atomic E-state index is 0.103. The molecule has 0 spiro atoms. The first-order chi connectivity index (χ1) is 15.3. The number of carbonyl (C=O) groups excluding carboxylic acids is 1. The quantitative estimate of drug-likeness (QED) is 0.285. The maximum absolute atomic E-state index is 12.1. The summed E-state index contributed by atoms with van der Waals surface area (Å²) in [4.78, 5) is 20.7. The molecule has 2 heterocycles. The van der Waals surface area contributed by atoms with Crippen LogP contribution >= 0.6 is 15.9 Å². The van der Waals surface area contributed by atoms with Gasteiger partial charge < -0.3 is 15.2 Å².